The highest BCUT2D eigenvalue weighted by Crippen LogP contribution is 2.08. The van der Waals surface area contributed by atoms with E-state index >= 15 is 0 Å². The van der Waals surface area contributed by atoms with Gasteiger partial charge in [0, 0.05) is 30.2 Å². The van der Waals surface area contributed by atoms with Gasteiger partial charge in [-0.05, 0) is 31.0 Å². The van der Waals surface area contributed by atoms with E-state index in [0.717, 1.165) is 30.8 Å². The first-order chi connectivity index (χ1) is 8.74. The summed E-state index contributed by atoms with van der Waals surface area (Å²) < 4.78 is 5.42. The smallest absolute Gasteiger partial charge is 0.251 e. The van der Waals surface area contributed by atoms with E-state index in [0.29, 0.717) is 18.7 Å². The number of thiol groups is 1. The fourth-order valence-corrected chi connectivity index (χ4v) is 1.70. The van der Waals surface area contributed by atoms with Crippen LogP contribution in [0.1, 0.15) is 36.5 Å². The summed E-state index contributed by atoms with van der Waals surface area (Å²) in [5, 5.41) is 2.86. The lowest BCUT2D eigenvalue weighted by atomic mass is 10.2. The van der Waals surface area contributed by atoms with Gasteiger partial charge in [-0.1, -0.05) is 19.4 Å². The molecule has 0 aliphatic heterocycles. The standard InChI is InChI=1S/C14H21NO2S/c1-2-3-9-17-10-5-8-15-14(16)12-6-4-7-13(18)11-12/h4,6-7,11,18H,2-3,5,8-10H2,1H3,(H,15,16). The maximum atomic E-state index is 11.7. The molecule has 0 saturated heterocycles. The van der Waals surface area contributed by atoms with Crippen LogP contribution >= 0.6 is 12.6 Å². The summed E-state index contributed by atoms with van der Waals surface area (Å²) in [6.07, 6.45) is 3.09. The Labute approximate surface area is 114 Å². The van der Waals surface area contributed by atoms with Crippen LogP contribution in [0.3, 0.4) is 0 Å². The molecule has 0 unspecified atom stereocenters. The molecule has 4 heteroatoms. The number of nitrogens with one attached hydrogen (secondary N) is 1. The summed E-state index contributed by atoms with van der Waals surface area (Å²) in [6.45, 7) is 4.29. The zero-order valence-corrected chi connectivity index (χ0v) is 11.7. The summed E-state index contributed by atoms with van der Waals surface area (Å²) in [5.41, 5.74) is 0.648. The number of ether oxygens (including phenoxy) is 1. The van der Waals surface area contributed by atoms with Gasteiger partial charge in [0.25, 0.3) is 5.91 Å². The highest BCUT2D eigenvalue weighted by molar-refractivity contribution is 7.80. The van der Waals surface area contributed by atoms with Crippen LogP contribution in [0.4, 0.5) is 0 Å². The minimum atomic E-state index is -0.0561. The summed E-state index contributed by atoms with van der Waals surface area (Å²) in [6, 6.07) is 7.22. The molecule has 0 spiro atoms. The lowest BCUT2D eigenvalue weighted by Crippen LogP contribution is -2.25. The lowest BCUT2D eigenvalue weighted by molar-refractivity contribution is 0.0940. The zero-order valence-electron chi connectivity index (χ0n) is 10.8. The first kappa shape index (κ1) is 15.1. The van der Waals surface area contributed by atoms with E-state index < -0.39 is 0 Å². The quantitative estimate of drug-likeness (QED) is 0.561. The highest BCUT2D eigenvalue weighted by atomic mass is 32.1. The van der Waals surface area contributed by atoms with Crippen molar-refractivity contribution in [2.45, 2.75) is 31.1 Å². The minimum absolute atomic E-state index is 0.0561. The van der Waals surface area contributed by atoms with Gasteiger partial charge in [-0.25, -0.2) is 0 Å². The topological polar surface area (TPSA) is 38.3 Å². The molecule has 0 saturated carbocycles. The van der Waals surface area contributed by atoms with Crippen LogP contribution in [0.5, 0.6) is 0 Å². The van der Waals surface area contributed by atoms with Crippen LogP contribution in [0.25, 0.3) is 0 Å². The maximum absolute atomic E-state index is 11.7. The molecule has 3 nitrogen and oxygen atoms in total. The third kappa shape index (κ3) is 6.07. The molecule has 0 bridgehead atoms. The van der Waals surface area contributed by atoms with Crippen LogP contribution in [0.15, 0.2) is 29.2 Å². The predicted molar refractivity (Wildman–Crippen MR) is 76.4 cm³/mol. The maximum Gasteiger partial charge on any atom is 0.251 e. The molecular weight excluding hydrogens is 246 g/mol. The Balaban J connectivity index is 2.14. The molecule has 0 heterocycles. The van der Waals surface area contributed by atoms with Gasteiger partial charge in [-0.3, -0.25) is 4.79 Å². The van der Waals surface area contributed by atoms with Crippen LogP contribution in [-0.4, -0.2) is 25.7 Å². The number of unbranched alkanes of at least 4 members (excludes halogenated alkanes) is 1. The van der Waals surface area contributed by atoms with E-state index in [-0.39, 0.29) is 5.91 Å². The van der Waals surface area contributed by atoms with Crippen molar-refractivity contribution in [3.63, 3.8) is 0 Å². The third-order valence-electron chi connectivity index (χ3n) is 2.50. The molecule has 1 aromatic rings. The van der Waals surface area contributed by atoms with E-state index in [9.17, 15) is 4.79 Å². The van der Waals surface area contributed by atoms with Crippen molar-refractivity contribution in [1.29, 1.82) is 0 Å². The molecule has 0 radical (unpaired) electrons. The Morgan fingerprint density at radius 3 is 2.83 bits per heavy atom. The van der Waals surface area contributed by atoms with E-state index in [2.05, 4.69) is 24.9 Å². The van der Waals surface area contributed by atoms with Crippen LogP contribution in [-0.2, 0) is 4.74 Å². The SMILES string of the molecule is CCCCOCCCNC(=O)c1cccc(S)c1. The third-order valence-corrected chi connectivity index (χ3v) is 2.78. The van der Waals surface area contributed by atoms with Gasteiger partial charge in [0.1, 0.15) is 0 Å². The van der Waals surface area contributed by atoms with E-state index in [4.69, 9.17) is 4.74 Å². The number of amides is 1. The van der Waals surface area contributed by atoms with Gasteiger partial charge in [0.05, 0.1) is 0 Å². The second kappa shape index (κ2) is 9.00. The number of carbonyl (C=O) groups is 1. The molecule has 100 valence electrons. The average Bonchev–Trinajstić information content (AvgIpc) is 2.37. The average molecular weight is 267 g/mol. The molecule has 1 aromatic carbocycles. The van der Waals surface area contributed by atoms with Crippen molar-refractivity contribution in [1.82, 2.24) is 5.32 Å². The minimum Gasteiger partial charge on any atom is -0.381 e. The molecule has 1 rings (SSSR count). The molecular formula is C14H21NO2S. The van der Waals surface area contributed by atoms with Gasteiger partial charge in [0.2, 0.25) is 0 Å². The largest absolute Gasteiger partial charge is 0.381 e. The summed E-state index contributed by atoms with van der Waals surface area (Å²) in [5.74, 6) is -0.0561. The number of rotatable bonds is 8. The van der Waals surface area contributed by atoms with Crippen LogP contribution < -0.4 is 5.32 Å². The Bertz CT molecular complexity index is 369. The fraction of sp³-hybridized carbons (Fsp3) is 0.500. The molecule has 1 amide bonds. The van der Waals surface area contributed by atoms with Gasteiger partial charge in [0.15, 0.2) is 0 Å². The molecule has 0 atom stereocenters. The number of hydrogen-bond donors (Lipinski definition) is 2. The highest BCUT2D eigenvalue weighted by Gasteiger charge is 2.04. The summed E-state index contributed by atoms with van der Waals surface area (Å²) in [7, 11) is 0. The Kier molecular flexibility index (Phi) is 7.53. The Morgan fingerprint density at radius 1 is 1.33 bits per heavy atom. The van der Waals surface area contributed by atoms with Crippen molar-refractivity contribution in [3.8, 4) is 0 Å². The number of benzene rings is 1. The van der Waals surface area contributed by atoms with Gasteiger partial charge >= 0.3 is 0 Å². The number of hydrogen-bond acceptors (Lipinski definition) is 3. The molecule has 0 aliphatic rings. The summed E-state index contributed by atoms with van der Waals surface area (Å²) >= 11 is 4.21. The molecule has 0 aliphatic carbocycles. The second-order valence-electron chi connectivity index (χ2n) is 4.13. The molecule has 18 heavy (non-hydrogen) atoms. The first-order valence-electron chi connectivity index (χ1n) is 6.39. The number of carbonyl (C=O) groups excluding carboxylic acids is 1. The van der Waals surface area contributed by atoms with Crippen LogP contribution in [0.2, 0.25) is 0 Å². The van der Waals surface area contributed by atoms with Crippen molar-refractivity contribution in [3.05, 3.63) is 29.8 Å². The van der Waals surface area contributed by atoms with Crippen molar-refractivity contribution in [2.75, 3.05) is 19.8 Å². The fourth-order valence-electron chi connectivity index (χ4n) is 1.47. The summed E-state index contributed by atoms with van der Waals surface area (Å²) in [4.78, 5) is 12.5. The van der Waals surface area contributed by atoms with Gasteiger partial charge in [-0.15, -0.1) is 12.6 Å². The van der Waals surface area contributed by atoms with Crippen molar-refractivity contribution >= 4 is 18.5 Å². The zero-order chi connectivity index (χ0) is 13.2. The van der Waals surface area contributed by atoms with Crippen LogP contribution in [0, 0.1) is 0 Å². The molecule has 0 fully saturated rings. The van der Waals surface area contributed by atoms with E-state index in [1.54, 1.807) is 12.1 Å². The van der Waals surface area contributed by atoms with Crippen molar-refractivity contribution in [2.24, 2.45) is 0 Å². The van der Waals surface area contributed by atoms with Gasteiger partial charge in [-0.2, -0.15) is 0 Å². The lowest BCUT2D eigenvalue weighted by Gasteiger charge is -2.06. The molecule has 1 N–H and O–H groups in total. The second-order valence-corrected chi connectivity index (χ2v) is 4.64. The molecule has 0 aromatic heterocycles. The van der Waals surface area contributed by atoms with E-state index in [1.807, 2.05) is 12.1 Å². The van der Waals surface area contributed by atoms with E-state index in [1.165, 1.54) is 0 Å². The normalized spacial score (nSPS) is 10.3. The Morgan fingerprint density at radius 2 is 2.11 bits per heavy atom. The Hall–Kier alpha value is -1.00. The first-order valence-corrected chi connectivity index (χ1v) is 6.83. The van der Waals surface area contributed by atoms with Crippen molar-refractivity contribution < 1.29 is 9.53 Å². The van der Waals surface area contributed by atoms with Gasteiger partial charge < -0.3 is 10.1 Å². The predicted octanol–water partition coefficient (Wildman–Crippen LogP) is 2.91. The monoisotopic (exact) mass is 267 g/mol.